The van der Waals surface area contributed by atoms with Crippen LogP contribution < -0.4 is 10.0 Å². The standard InChI is InChI=1S/C25H25N3O6S2/c1-18-7-11-20(12-8-18)28-24(29)17-23(25(28)30)27(36(33,34)22-5-3-2-4-6-22)16-15-19-9-13-21(14-10-19)35(26,31)32/h2-14,23H,15-17H2,1H3,(H2,26,31,32). The van der Waals surface area contributed by atoms with Crippen molar-refractivity contribution in [2.45, 2.75) is 35.6 Å². The van der Waals surface area contributed by atoms with Gasteiger partial charge >= 0.3 is 0 Å². The molecule has 3 aromatic carbocycles. The van der Waals surface area contributed by atoms with Gasteiger partial charge in [0.2, 0.25) is 26.0 Å². The van der Waals surface area contributed by atoms with Gasteiger partial charge < -0.3 is 0 Å². The molecular weight excluding hydrogens is 502 g/mol. The second kappa shape index (κ2) is 9.94. The maximum atomic E-state index is 13.6. The number of primary sulfonamides is 1. The lowest BCUT2D eigenvalue weighted by molar-refractivity contribution is -0.122. The Morgan fingerprint density at radius 2 is 1.47 bits per heavy atom. The molecule has 2 N–H and O–H groups in total. The van der Waals surface area contributed by atoms with Crippen molar-refractivity contribution in [2.75, 3.05) is 11.4 Å². The molecule has 4 rings (SSSR count). The number of rotatable bonds is 8. The van der Waals surface area contributed by atoms with Crippen LogP contribution in [0.25, 0.3) is 0 Å². The highest BCUT2D eigenvalue weighted by molar-refractivity contribution is 7.89. The van der Waals surface area contributed by atoms with Crippen LogP contribution in [-0.2, 0) is 36.1 Å². The van der Waals surface area contributed by atoms with Gasteiger partial charge in [-0.1, -0.05) is 48.0 Å². The largest absolute Gasteiger partial charge is 0.274 e. The highest BCUT2D eigenvalue weighted by Gasteiger charge is 2.46. The van der Waals surface area contributed by atoms with Crippen LogP contribution in [0.3, 0.4) is 0 Å². The number of anilines is 1. The lowest BCUT2D eigenvalue weighted by Crippen LogP contribution is -2.46. The summed E-state index contributed by atoms with van der Waals surface area (Å²) in [6.07, 6.45) is -0.109. The molecule has 1 saturated heterocycles. The minimum absolute atomic E-state index is 0.00334. The van der Waals surface area contributed by atoms with Crippen molar-refractivity contribution in [3.05, 3.63) is 90.0 Å². The zero-order valence-electron chi connectivity index (χ0n) is 19.4. The quantitative estimate of drug-likeness (QED) is 0.446. The molecule has 36 heavy (non-hydrogen) atoms. The molecule has 9 nitrogen and oxygen atoms in total. The van der Waals surface area contributed by atoms with E-state index in [0.717, 1.165) is 14.8 Å². The molecule has 2 amide bonds. The van der Waals surface area contributed by atoms with E-state index in [1.165, 1.54) is 36.4 Å². The van der Waals surface area contributed by atoms with Gasteiger partial charge in [0.25, 0.3) is 5.91 Å². The van der Waals surface area contributed by atoms with Crippen LogP contribution in [0.15, 0.2) is 88.7 Å². The molecule has 1 fully saturated rings. The lowest BCUT2D eigenvalue weighted by atomic mass is 10.1. The monoisotopic (exact) mass is 527 g/mol. The molecule has 0 aromatic heterocycles. The highest BCUT2D eigenvalue weighted by Crippen LogP contribution is 2.29. The molecule has 0 spiro atoms. The minimum atomic E-state index is -4.14. The van der Waals surface area contributed by atoms with Gasteiger partial charge in [-0.05, 0) is 55.3 Å². The number of carbonyl (C=O) groups is 2. The molecule has 1 heterocycles. The zero-order valence-corrected chi connectivity index (χ0v) is 21.1. The average molecular weight is 528 g/mol. The number of carbonyl (C=O) groups excluding carboxylic acids is 2. The van der Waals surface area contributed by atoms with Crippen LogP contribution in [0.4, 0.5) is 5.69 Å². The van der Waals surface area contributed by atoms with Crippen molar-refractivity contribution >= 4 is 37.5 Å². The van der Waals surface area contributed by atoms with Gasteiger partial charge in [0.05, 0.1) is 21.9 Å². The van der Waals surface area contributed by atoms with Crippen molar-refractivity contribution in [1.29, 1.82) is 0 Å². The van der Waals surface area contributed by atoms with Crippen molar-refractivity contribution in [2.24, 2.45) is 5.14 Å². The Morgan fingerprint density at radius 1 is 0.861 bits per heavy atom. The van der Waals surface area contributed by atoms with Gasteiger partial charge in [-0.25, -0.2) is 26.9 Å². The Labute approximate surface area is 210 Å². The van der Waals surface area contributed by atoms with E-state index in [9.17, 15) is 26.4 Å². The Bertz CT molecular complexity index is 1490. The number of nitrogens with two attached hydrogens (primary N) is 1. The molecule has 0 bridgehead atoms. The summed E-state index contributed by atoms with van der Waals surface area (Å²) in [6.45, 7) is 1.78. The van der Waals surface area contributed by atoms with Crippen LogP contribution in [0.1, 0.15) is 17.5 Å². The third-order valence-electron chi connectivity index (χ3n) is 5.99. The van der Waals surface area contributed by atoms with Crippen molar-refractivity contribution < 1.29 is 26.4 Å². The summed E-state index contributed by atoms with van der Waals surface area (Å²) in [6, 6.07) is 19.1. The summed E-state index contributed by atoms with van der Waals surface area (Å²) in [7, 11) is -8.00. The fourth-order valence-corrected chi connectivity index (χ4v) is 6.18. The van der Waals surface area contributed by atoms with Crippen LogP contribution in [0.2, 0.25) is 0 Å². The topological polar surface area (TPSA) is 135 Å². The SMILES string of the molecule is Cc1ccc(N2C(=O)CC(N(CCc3ccc(S(N)(=O)=O)cc3)S(=O)(=O)c3ccccc3)C2=O)cc1. The smallest absolute Gasteiger partial charge is 0.252 e. The van der Waals surface area contributed by atoms with E-state index in [2.05, 4.69) is 0 Å². The Kier molecular flexibility index (Phi) is 7.10. The Morgan fingerprint density at radius 3 is 2.06 bits per heavy atom. The predicted molar refractivity (Wildman–Crippen MR) is 134 cm³/mol. The molecule has 1 atom stereocenters. The maximum absolute atomic E-state index is 13.6. The fraction of sp³-hybridized carbons (Fsp3) is 0.200. The van der Waals surface area contributed by atoms with Crippen molar-refractivity contribution in [3.63, 3.8) is 0 Å². The van der Waals surface area contributed by atoms with Gasteiger partial charge in [-0.2, -0.15) is 4.31 Å². The van der Waals surface area contributed by atoms with E-state index in [1.54, 1.807) is 42.5 Å². The Balaban J connectivity index is 1.66. The summed E-state index contributed by atoms with van der Waals surface area (Å²) in [4.78, 5) is 27.2. The van der Waals surface area contributed by atoms with E-state index in [4.69, 9.17) is 5.14 Å². The molecule has 0 saturated carbocycles. The molecule has 1 unspecified atom stereocenters. The summed E-state index contributed by atoms with van der Waals surface area (Å²) in [5.74, 6) is -1.10. The van der Waals surface area contributed by atoms with Crippen LogP contribution in [-0.4, -0.2) is 45.5 Å². The number of hydrogen-bond donors (Lipinski definition) is 1. The lowest BCUT2D eigenvalue weighted by Gasteiger charge is -2.27. The molecule has 3 aromatic rings. The number of imide groups is 1. The number of hydrogen-bond acceptors (Lipinski definition) is 6. The van der Waals surface area contributed by atoms with E-state index in [0.29, 0.717) is 11.3 Å². The summed E-state index contributed by atoms with van der Waals surface area (Å²) in [5.41, 5.74) is 1.98. The molecule has 1 aliphatic heterocycles. The van der Waals surface area contributed by atoms with E-state index >= 15 is 0 Å². The number of benzene rings is 3. The average Bonchev–Trinajstić information content (AvgIpc) is 3.13. The van der Waals surface area contributed by atoms with Crippen molar-refractivity contribution in [3.8, 4) is 0 Å². The summed E-state index contributed by atoms with van der Waals surface area (Å²) >= 11 is 0. The van der Waals surface area contributed by atoms with E-state index in [-0.39, 0.29) is 29.2 Å². The molecule has 188 valence electrons. The highest BCUT2D eigenvalue weighted by atomic mass is 32.2. The molecule has 0 radical (unpaired) electrons. The second-order valence-corrected chi connectivity index (χ2v) is 11.9. The second-order valence-electron chi connectivity index (χ2n) is 8.49. The first-order valence-electron chi connectivity index (χ1n) is 11.1. The van der Waals surface area contributed by atoms with Crippen LogP contribution >= 0.6 is 0 Å². The molecule has 0 aliphatic carbocycles. The number of amides is 2. The van der Waals surface area contributed by atoms with Gasteiger partial charge in [0, 0.05) is 6.54 Å². The Hall–Kier alpha value is -3.38. The van der Waals surface area contributed by atoms with Crippen LogP contribution in [0.5, 0.6) is 0 Å². The minimum Gasteiger partial charge on any atom is -0.274 e. The number of nitrogens with zero attached hydrogens (tertiary/aromatic N) is 2. The normalized spacial score (nSPS) is 16.6. The number of sulfonamides is 2. The molecule has 11 heteroatoms. The van der Waals surface area contributed by atoms with Gasteiger partial charge in [-0.15, -0.1) is 0 Å². The van der Waals surface area contributed by atoms with Gasteiger partial charge in [-0.3, -0.25) is 9.59 Å². The first-order chi connectivity index (χ1) is 17.0. The van der Waals surface area contributed by atoms with E-state index < -0.39 is 37.9 Å². The maximum Gasteiger partial charge on any atom is 0.252 e. The number of aryl methyl sites for hydroxylation is 1. The van der Waals surface area contributed by atoms with Gasteiger partial charge in [0.15, 0.2) is 0 Å². The third-order valence-corrected chi connectivity index (χ3v) is 8.84. The van der Waals surface area contributed by atoms with Crippen LogP contribution in [0, 0.1) is 6.92 Å². The van der Waals surface area contributed by atoms with Crippen molar-refractivity contribution in [1.82, 2.24) is 4.31 Å². The summed E-state index contributed by atoms with van der Waals surface area (Å²) in [5, 5.41) is 5.14. The third kappa shape index (κ3) is 5.24. The molecule has 1 aliphatic rings. The van der Waals surface area contributed by atoms with E-state index in [1.807, 2.05) is 6.92 Å². The first kappa shape index (κ1) is 25.7. The molecular formula is C25H25N3O6S2. The van der Waals surface area contributed by atoms with Gasteiger partial charge in [0.1, 0.15) is 6.04 Å². The fourth-order valence-electron chi connectivity index (χ4n) is 4.06. The summed E-state index contributed by atoms with van der Waals surface area (Å²) < 4.78 is 51.3. The zero-order chi connectivity index (χ0) is 26.1. The predicted octanol–water partition coefficient (Wildman–Crippen LogP) is 2.21. The first-order valence-corrected chi connectivity index (χ1v) is 14.1.